The van der Waals surface area contributed by atoms with Crippen molar-refractivity contribution in [2.75, 3.05) is 27.2 Å². The van der Waals surface area contributed by atoms with E-state index in [2.05, 4.69) is 5.32 Å². The topological polar surface area (TPSA) is 52.6 Å². The van der Waals surface area contributed by atoms with Gasteiger partial charge in [0.25, 0.3) is 0 Å². The summed E-state index contributed by atoms with van der Waals surface area (Å²) in [7, 11) is 3.55. The van der Waals surface area contributed by atoms with Crippen LogP contribution in [0.1, 0.15) is 24.2 Å². The average Bonchev–Trinajstić information content (AvgIpc) is 2.38. The summed E-state index contributed by atoms with van der Waals surface area (Å²) in [6, 6.07) is 7.86. The molecule has 1 aromatic rings. The molecular weight excluding hydrogens is 240 g/mol. The number of nitrogens with zero attached hydrogens (tertiary/aromatic N) is 1. The second kappa shape index (κ2) is 7.26. The normalized spacial score (nSPS) is 14.2. The fourth-order valence-electron chi connectivity index (χ4n) is 2.06. The minimum Gasteiger partial charge on any atom is -0.387 e. The predicted molar refractivity (Wildman–Crippen MR) is 76.9 cm³/mol. The quantitative estimate of drug-likeness (QED) is 0.815. The highest BCUT2D eigenvalue weighted by atomic mass is 16.3. The maximum absolute atomic E-state index is 11.4. The van der Waals surface area contributed by atoms with E-state index in [0.29, 0.717) is 13.1 Å². The molecule has 0 aliphatic carbocycles. The third-order valence-electron chi connectivity index (χ3n) is 3.23. The van der Waals surface area contributed by atoms with Crippen molar-refractivity contribution < 1.29 is 9.90 Å². The molecule has 0 radical (unpaired) electrons. The summed E-state index contributed by atoms with van der Waals surface area (Å²) in [6.07, 6.45) is -0.525. The van der Waals surface area contributed by atoms with Crippen molar-refractivity contribution in [2.45, 2.75) is 20.0 Å². The maximum Gasteiger partial charge on any atom is 0.223 e. The van der Waals surface area contributed by atoms with Gasteiger partial charge in [-0.15, -0.1) is 0 Å². The van der Waals surface area contributed by atoms with E-state index in [-0.39, 0.29) is 11.8 Å². The fraction of sp³-hybridized carbons (Fsp3) is 0.533. The van der Waals surface area contributed by atoms with Crippen molar-refractivity contribution in [3.05, 3.63) is 35.4 Å². The summed E-state index contributed by atoms with van der Waals surface area (Å²) in [6.45, 7) is 5.05. The number of rotatable bonds is 6. The Labute approximate surface area is 115 Å². The van der Waals surface area contributed by atoms with E-state index in [9.17, 15) is 9.90 Å². The van der Waals surface area contributed by atoms with E-state index in [1.165, 1.54) is 5.56 Å². The molecule has 0 aliphatic rings. The molecular formula is C15H24N2O2. The van der Waals surface area contributed by atoms with Gasteiger partial charge in [0, 0.05) is 26.1 Å². The molecule has 106 valence electrons. The Balaban J connectivity index is 2.49. The largest absolute Gasteiger partial charge is 0.387 e. The van der Waals surface area contributed by atoms with Gasteiger partial charge in [0.15, 0.2) is 0 Å². The number of aliphatic hydroxyl groups excluding tert-OH is 1. The first-order chi connectivity index (χ1) is 8.93. The Morgan fingerprint density at radius 1 is 1.32 bits per heavy atom. The molecule has 4 nitrogen and oxygen atoms in total. The summed E-state index contributed by atoms with van der Waals surface area (Å²) in [5.41, 5.74) is 2.09. The van der Waals surface area contributed by atoms with Crippen LogP contribution in [0.2, 0.25) is 0 Å². The van der Waals surface area contributed by atoms with E-state index in [1.54, 1.807) is 7.05 Å². The summed E-state index contributed by atoms with van der Waals surface area (Å²) in [5.74, 6) is -0.0584. The second-order valence-corrected chi connectivity index (χ2v) is 5.16. The van der Waals surface area contributed by atoms with Gasteiger partial charge in [-0.2, -0.15) is 0 Å². The van der Waals surface area contributed by atoms with E-state index in [4.69, 9.17) is 0 Å². The van der Waals surface area contributed by atoms with E-state index >= 15 is 0 Å². The SMILES string of the molecule is CNC(=O)C(C)CN(C)CC(O)c1ccc(C)cc1. The number of carbonyl (C=O) groups excluding carboxylic acids is 1. The molecule has 0 bridgehead atoms. The first kappa shape index (κ1) is 15.7. The van der Waals surface area contributed by atoms with Crippen molar-refractivity contribution in [1.82, 2.24) is 10.2 Å². The molecule has 1 rings (SSSR count). The Hall–Kier alpha value is -1.39. The van der Waals surface area contributed by atoms with Crippen LogP contribution in [0.5, 0.6) is 0 Å². The summed E-state index contributed by atoms with van der Waals surface area (Å²) in [5, 5.41) is 12.8. The molecule has 2 unspecified atom stereocenters. The van der Waals surface area contributed by atoms with Crippen LogP contribution < -0.4 is 5.32 Å². The number of aliphatic hydroxyl groups is 1. The van der Waals surface area contributed by atoms with Gasteiger partial charge in [-0.25, -0.2) is 0 Å². The number of aryl methyl sites for hydroxylation is 1. The van der Waals surface area contributed by atoms with Crippen LogP contribution in [0, 0.1) is 12.8 Å². The Morgan fingerprint density at radius 3 is 2.42 bits per heavy atom. The van der Waals surface area contributed by atoms with Crippen LogP contribution in [0.3, 0.4) is 0 Å². The third-order valence-corrected chi connectivity index (χ3v) is 3.23. The highest BCUT2D eigenvalue weighted by Crippen LogP contribution is 2.15. The van der Waals surface area contributed by atoms with Crippen LogP contribution in [-0.4, -0.2) is 43.1 Å². The zero-order valence-electron chi connectivity index (χ0n) is 12.2. The van der Waals surface area contributed by atoms with Gasteiger partial charge in [0.2, 0.25) is 5.91 Å². The Bertz CT molecular complexity index is 403. The van der Waals surface area contributed by atoms with Crippen molar-refractivity contribution in [3.63, 3.8) is 0 Å². The smallest absolute Gasteiger partial charge is 0.223 e. The molecule has 2 atom stereocenters. The molecule has 1 amide bonds. The predicted octanol–water partition coefficient (Wildman–Crippen LogP) is 1.34. The highest BCUT2D eigenvalue weighted by molar-refractivity contribution is 5.78. The number of hydrogen-bond acceptors (Lipinski definition) is 3. The van der Waals surface area contributed by atoms with Gasteiger partial charge < -0.3 is 15.3 Å². The fourth-order valence-corrected chi connectivity index (χ4v) is 2.06. The van der Waals surface area contributed by atoms with E-state index in [1.807, 2.05) is 50.1 Å². The minimum absolute atomic E-state index is 0.0247. The number of amides is 1. The first-order valence-corrected chi connectivity index (χ1v) is 6.58. The van der Waals surface area contributed by atoms with Gasteiger partial charge in [-0.05, 0) is 19.5 Å². The lowest BCUT2D eigenvalue weighted by molar-refractivity contribution is -0.124. The van der Waals surface area contributed by atoms with Gasteiger partial charge in [0.05, 0.1) is 6.10 Å². The highest BCUT2D eigenvalue weighted by Gasteiger charge is 2.16. The van der Waals surface area contributed by atoms with E-state index < -0.39 is 6.10 Å². The molecule has 0 aliphatic heterocycles. The molecule has 1 aromatic carbocycles. The Kier molecular flexibility index (Phi) is 5.99. The zero-order chi connectivity index (χ0) is 14.4. The number of likely N-dealkylation sites (N-methyl/N-ethyl adjacent to an activating group) is 1. The van der Waals surface area contributed by atoms with Crippen LogP contribution in [0.4, 0.5) is 0 Å². The number of benzene rings is 1. The third kappa shape index (κ3) is 5.01. The lowest BCUT2D eigenvalue weighted by atomic mass is 10.1. The van der Waals surface area contributed by atoms with Gasteiger partial charge >= 0.3 is 0 Å². The second-order valence-electron chi connectivity index (χ2n) is 5.16. The van der Waals surface area contributed by atoms with Crippen LogP contribution in [0.25, 0.3) is 0 Å². The van der Waals surface area contributed by atoms with E-state index in [0.717, 1.165) is 5.56 Å². The first-order valence-electron chi connectivity index (χ1n) is 6.58. The Morgan fingerprint density at radius 2 is 1.89 bits per heavy atom. The van der Waals surface area contributed by atoms with Crippen molar-refractivity contribution in [2.24, 2.45) is 5.92 Å². The molecule has 2 N–H and O–H groups in total. The van der Waals surface area contributed by atoms with Crippen molar-refractivity contribution in [1.29, 1.82) is 0 Å². The maximum atomic E-state index is 11.4. The summed E-state index contributed by atoms with van der Waals surface area (Å²) >= 11 is 0. The summed E-state index contributed by atoms with van der Waals surface area (Å²) in [4.78, 5) is 13.4. The van der Waals surface area contributed by atoms with Crippen molar-refractivity contribution in [3.8, 4) is 0 Å². The molecule has 0 fully saturated rings. The molecule has 0 spiro atoms. The molecule has 0 saturated carbocycles. The number of nitrogens with one attached hydrogen (secondary N) is 1. The minimum atomic E-state index is -0.525. The van der Waals surface area contributed by atoms with Crippen LogP contribution >= 0.6 is 0 Å². The molecule has 19 heavy (non-hydrogen) atoms. The molecule has 0 aromatic heterocycles. The monoisotopic (exact) mass is 264 g/mol. The summed E-state index contributed by atoms with van der Waals surface area (Å²) < 4.78 is 0. The van der Waals surface area contributed by atoms with Gasteiger partial charge in [-0.1, -0.05) is 36.8 Å². The lowest BCUT2D eigenvalue weighted by Crippen LogP contribution is -2.36. The number of hydrogen-bond donors (Lipinski definition) is 2. The van der Waals surface area contributed by atoms with Gasteiger partial charge in [0.1, 0.15) is 0 Å². The lowest BCUT2D eigenvalue weighted by Gasteiger charge is -2.23. The van der Waals surface area contributed by atoms with Crippen LogP contribution in [-0.2, 0) is 4.79 Å². The average molecular weight is 264 g/mol. The standard InChI is InChI=1S/C15H24N2O2/c1-11-5-7-13(8-6-11)14(18)10-17(4)9-12(2)15(19)16-3/h5-8,12,14,18H,9-10H2,1-4H3,(H,16,19). The van der Waals surface area contributed by atoms with Crippen LogP contribution in [0.15, 0.2) is 24.3 Å². The number of carbonyl (C=O) groups is 1. The molecule has 0 heterocycles. The van der Waals surface area contributed by atoms with Crippen molar-refractivity contribution >= 4 is 5.91 Å². The zero-order valence-corrected chi connectivity index (χ0v) is 12.2. The van der Waals surface area contributed by atoms with Gasteiger partial charge in [-0.3, -0.25) is 4.79 Å². The molecule has 4 heteroatoms. The molecule has 0 saturated heterocycles.